The van der Waals surface area contributed by atoms with Crippen molar-refractivity contribution in [2.45, 2.75) is 33.9 Å². The van der Waals surface area contributed by atoms with E-state index in [0.29, 0.717) is 57.3 Å². The van der Waals surface area contributed by atoms with Gasteiger partial charge in [0.25, 0.3) is 0 Å². The average Bonchev–Trinajstić information content (AvgIpc) is 3.84. The van der Waals surface area contributed by atoms with Gasteiger partial charge in [-0.15, -0.1) is 0 Å². The van der Waals surface area contributed by atoms with E-state index in [1.165, 1.54) is 12.1 Å². The summed E-state index contributed by atoms with van der Waals surface area (Å²) in [5, 5.41) is 23.8. The molecule has 13 heteroatoms. The molecule has 0 N–H and O–H groups in total. The quantitative estimate of drug-likeness (QED) is 0.161. The molecule has 0 radical (unpaired) electrons. The lowest BCUT2D eigenvalue weighted by Crippen LogP contribution is -2.08. The van der Waals surface area contributed by atoms with Crippen molar-refractivity contribution in [3.05, 3.63) is 180 Å². The van der Waals surface area contributed by atoms with E-state index < -0.39 is 11.7 Å². The first-order valence-corrected chi connectivity index (χ1v) is 21.6. The standard InChI is InChI=1S/C55H35F3N10/c1-30-61-31(2)64-53(63-30)37-16-21-50-44(25-37)40-9-5-7-11-47(40)67(50)49-20-14-34(28-59)23-43(49)42-19-15-36(39-18-13-35(29-60)24-46(39)55(56,57)58)27-52(42)68-48-12-8-6-10-41(48)45-26-38(17-22-51(45)68)54-65-32(3)62-33(4)66-54/h5-27H,1-4H3. The highest BCUT2D eigenvalue weighted by atomic mass is 19.4. The number of aryl methyl sites for hydroxylation is 4. The molecule has 4 heterocycles. The summed E-state index contributed by atoms with van der Waals surface area (Å²) in [6, 6.07) is 46.6. The third-order valence-corrected chi connectivity index (χ3v) is 12.2. The minimum absolute atomic E-state index is 0.0827. The first kappa shape index (κ1) is 41.6. The van der Waals surface area contributed by atoms with Gasteiger partial charge in [-0.2, -0.15) is 23.7 Å². The SMILES string of the molecule is Cc1nc(C)nc(-c2ccc3c(c2)c2ccccc2n3-c2ccc(C#N)cc2-c2ccc(-c3ccc(C#N)cc3C(F)(F)F)cc2-n2c3ccccc3c3cc(-c4nc(C)nc(C)n4)ccc32)n1. The van der Waals surface area contributed by atoms with Gasteiger partial charge < -0.3 is 9.13 Å². The number of rotatable bonds is 6. The molecule has 0 aliphatic rings. The molecule has 0 saturated carbocycles. The van der Waals surface area contributed by atoms with Gasteiger partial charge in [0.1, 0.15) is 23.3 Å². The van der Waals surface area contributed by atoms with E-state index in [1.807, 2.05) is 125 Å². The van der Waals surface area contributed by atoms with Crippen molar-refractivity contribution >= 4 is 43.6 Å². The van der Waals surface area contributed by atoms with Gasteiger partial charge in [-0.1, -0.05) is 54.6 Å². The predicted molar refractivity (Wildman–Crippen MR) is 257 cm³/mol. The third-order valence-electron chi connectivity index (χ3n) is 12.2. The second-order valence-corrected chi connectivity index (χ2v) is 16.6. The number of para-hydroxylation sites is 2. The fourth-order valence-corrected chi connectivity index (χ4v) is 9.46. The van der Waals surface area contributed by atoms with E-state index in [0.717, 1.165) is 66.5 Å². The minimum atomic E-state index is -4.76. The Balaban J connectivity index is 1.22. The number of hydrogen-bond donors (Lipinski definition) is 0. The number of benzene rings is 7. The molecule has 0 unspecified atom stereocenters. The third kappa shape index (κ3) is 6.96. The van der Waals surface area contributed by atoms with Crippen LogP contribution < -0.4 is 0 Å². The highest BCUT2D eigenvalue weighted by molar-refractivity contribution is 6.12. The molecule has 326 valence electrons. The summed E-state index contributed by atoms with van der Waals surface area (Å²) in [6.07, 6.45) is -4.76. The molecule has 0 atom stereocenters. The fraction of sp³-hybridized carbons (Fsp3) is 0.0909. The molecule has 0 aliphatic heterocycles. The minimum Gasteiger partial charge on any atom is -0.309 e. The zero-order valence-electron chi connectivity index (χ0n) is 36.9. The molecule has 0 saturated heterocycles. The number of hydrogen-bond acceptors (Lipinski definition) is 8. The van der Waals surface area contributed by atoms with Crippen molar-refractivity contribution in [3.8, 4) is 68.5 Å². The molecule has 0 aliphatic carbocycles. The average molecular weight is 893 g/mol. The van der Waals surface area contributed by atoms with Crippen molar-refractivity contribution in [1.29, 1.82) is 10.5 Å². The van der Waals surface area contributed by atoms with Crippen LogP contribution in [0, 0.1) is 50.4 Å². The number of aromatic nitrogens is 8. The topological polar surface area (TPSA) is 135 Å². The Kier molecular flexibility index (Phi) is 9.69. The van der Waals surface area contributed by atoms with E-state index in [9.17, 15) is 23.7 Å². The van der Waals surface area contributed by atoms with E-state index in [-0.39, 0.29) is 16.7 Å². The van der Waals surface area contributed by atoms with Gasteiger partial charge in [0.15, 0.2) is 11.6 Å². The van der Waals surface area contributed by atoms with Crippen molar-refractivity contribution in [2.75, 3.05) is 0 Å². The van der Waals surface area contributed by atoms with Gasteiger partial charge in [0.2, 0.25) is 0 Å². The largest absolute Gasteiger partial charge is 0.417 e. The molecule has 68 heavy (non-hydrogen) atoms. The monoisotopic (exact) mass is 892 g/mol. The highest BCUT2D eigenvalue weighted by Gasteiger charge is 2.34. The molecular weight excluding hydrogens is 858 g/mol. The lowest BCUT2D eigenvalue weighted by atomic mass is 9.92. The van der Waals surface area contributed by atoms with Crippen LogP contribution in [0.1, 0.15) is 40.0 Å². The summed E-state index contributed by atoms with van der Waals surface area (Å²) in [5.74, 6) is 3.49. The Labute approximate surface area is 386 Å². The number of fused-ring (bicyclic) bond motifs is 6. The Morgan fingerprint density at radius 1 is 0.412 bits per heavy atom. The van der Waals surface area contributed by atoms with Crippen LogP contribution in [-0.4, -0.2) is 39.0 Å². The van der Waals surface area contributed by atoms with Crippen LogP contribution in [0.25, 0.3) is 100 Å². The summed E-state index contributed by atoms with van der Waals surface area (Å²) in [7, 11) is 0. The molecular formula is C55H35F3N10. The van der Waals surface area contributed by atoms with Crippen molar-refractivity contribution in [2.24, 2.45) is 0 Å². The molecule has 0 spiro atoms. The maximum atomic E-state index is 14.9. The molecule has 7 aromatic carbocycles. The lowest BCUT2D eigenvalue weighted by Gasteiger charge is -2.21. The zero-order valence-corrected chi connectivity index (χ0v) is 36.9. The summed E-state index contributed by atoms with van der Waals surface area (Å²) in [6.45, 7) is 7.32. The molecule has 0 amide bonds. The summed E-state index contributed by atoms with van der Waals surface area (Å²) in [5.41, 5.74) is 7.11. The van der Waals surface area contributed by atoms with Crippen LogP contribution >= 0.6 is 0 Å². The molecule has 11 aromatic rings. The summed E-state index contributed by atoms with van der Waals surface area (Å²) < 4.78 is 49.1. The Bertz CT molecular complexity index is 3960. The van der Waals surface area contributed by atoms with Gasteiger partial charge in [-0.25, -0.2) is 29.9 Å². The molecule has 10 nitrogen and oxygen atoms in total. The maximum Gasteiger partial charge on any atom is 0.417 e. The van der Waals surface area contributed by atoms with Gasteiger partial charge in [0.05, 0.1) is 62.3 Å². The maximum absolute atomic E-state index is 14.9. The highest BCUT2D eigenvalue weighted by Crippen LogP contribution is 2.45. The molecule has 11 rings (SSSR count). The predicted octanol–water partition coefficient (Wildman–Crippen LogP) is 12.9. The smallest absolute Gasteiger partial charge is 0.309 e. The van der Waals surface area contributed by atoms with E-state index in [2.05, 4.69) is 57.2 Å². The second kappa shape index (κ2) is 15.8. The van der Waals surface area contributed by atoms with E-state index >= 15 is 0 Å². The van der Waals surface area contributed by atoms with Crippen LogP contribution in [0.5, 0.6) is 0 Å². The summed E-state index contributed by atoms with van der Waals surface area (Å²) in [4.78, 5) is 27.3. The van der Waals surface area contributed by atoms with Gasteiger partial charge in [-0.3, -0.25) is 0 Å². The normalized spacial score (nSPS) is 11.7. The Morgan fingerprint density at radius 3 is 1.40 bits per heavy atom. The molecule has 0 fully saturated rings. The van der Waals surface area contributed by atoms with Crippen LogP contribution in [0.15, 0.2) is 140 Å². The zero-order chi connectivity index (χ0) is 47.0. The number of halogens is 3. The van der Waals surface area contributed by atoms with Gasteiger partial charge in [-0.05, 0) is 124 Å². The first-order chi connectivity index (χ1) is 32.9. The number of alkyl halides is 3. The van der Waals surface area contributed by atoms with Crippen LogP contribution in [0.2, 0.25) is 0 Å². The second-order valence-electron chi connectivity index (χ2n) is 16.6. The van der Waals surface area contributed by atoms with Gasteiger partial charge >= 0.3 is 6.18 Å². The van der Waals surface area contributed by atoms with Crippen molar-refractivity contribution < 1.29 is 13.2 Å². The summed E-state index contributed by atoms with van der Waals surface area (Å²) >= 11 is 0. The lowest BCUT2D eigenvalue weighted by molar-refractivity contribution is -0.137. The number of nitriles is 2. The van der Waals surface area contributed by atoms with Crippen LogP contribution in [-0.2, 0) is 6.18 Å². The first-order valence-electron chi connectivity index (χ1n) is 21.6. The van der Waals surface area contributed by atoms with Crippen LogP contribution in [0.4, 0.5) is 13.2 Å². The van der Waals surface area contributed by atoms with Crippen molar-refractivity contribution in [3.63, 3.8) is 0 Å². The van der Waals surface area contributed by atoms with Gasteiger partial charge in [0, 0.05) is 43.8 Å². The van der Waals surface area contributed by atoms with Crippen molar-refractivity contribution in [1.82, 2.24) is 39.0 Å². The van der Waals surface area contributed by atoms with E-state index in [1.54, 1.807) is 18.2 Å². The van der Waals surface area contributed by atoms with Crippen LogP contribution in [0.3, 0.4) is 0 Å². The Hall–Kier alpha value is -9.07. The fourth-order valence-electron chi connectivity index (χ4n) is 9.46. The number of nitrogens with zero attached hydrogens (tertiary/aromatic N) is 10. The molecule has 0 bridgehead atoms. The molecule has 4 aromatic heterocycles. The van der Waals surface area contributed by atoms with E-state index in [4.69, 9.17) is 0 Å². The Morgan fingerprint density at radius 2 is 0.868 bits per heavy atom.